The number of hydrogen-bond donors (Lipinski definition) is 4. The summed E-state index contributed by atoms with van der Waals surface area (Å²) >= 11 is 0. The van der Waals surface area contributed by atoms with Gasteiger partial charge in [0, 0.05) is 56.1 Å². The van der Waals surface area contributed by atoms with Gasteiger partial charge in [-0.05, 0) is 77.3 Å². The summed E-state index contributed by atoms with van der Waals surface area (Å²) in [5, 5.41) is 18.7. The molecule has 5 amide bonds. The van der Waals surface area contributed by atoms with E-state index in [2.05, 4.69) is 16.0 Å². The summed E-state index contributed by atoms with van der Waals surface area (Å²) in [6.07, 6.45) is 1.85. The second-order valence-corrected chi connectivity index (χ2v) is 12.6. The lowest BCUT2D eigenvalue weighted by Gasteiger charge is -2.36. The van der Waals surface area contributed by atoms with Crippen molar-refractivity contribution in [1.29, 1.82) is 0 Å². The third-order valence-corrected chi connectivity index (χ3v) is 8.15. The van der Waals surface area contributed by atoms with Gasteiger partial charge in [-0.3, -0.25) is 4.79 Å². The molecule has 0 aliphatic carbocycles. The lowest BCUT2D eigenvalue weighted by molar-refractivity contribution is -0.0122. The van der Waals surface area contributed by atoms with Gasteiger partial charge < -0.3 is 49.8 Å². The average molecular weight is 656 g/mol. The molecule has 2 aromatic carbocycles. The fraction of sp³-hybridized carbons (Fsp3) is 0.559. The molecule has 2 aliphatic rings. The molecule has 4 N–H and O–H groups in total. The van der Waals surface area contributed by atoms with Crippen LogP contribution < -0.4 is 30.2 Å². The monoisotopic (exact) mass is 655 g/mol. The first kappa shape index (κ1) is 35.6. The number of benzene rings is 2. The number of aliphatic hydroxyl groups is 1. The van der Waals surface area contributed by atoms with Crippen molar-refractivity contribution in [3.63, 3.8) is 0 Å². The van der Waals surface area contributed by atoms with E-state index in [1.807, 2.05) is 27.7 Å². The van der Waals surface area contributed by atoms with Gasteiger partial charge in [-0.25, -0.2) is 9.59 Å². The van der Waals surface area contributed by atoms with Gasteiger partial charge in [0.15, 0.2) is 11.5 Å². The molecule has 0 saturated heterocycles. The van der Waals surface area contributed by atoms with Crippen molar-refractivity contribution in [3.8, 4) is 17.2 Å². The van der Waals surface area contributed by atoms with E-state index in [-0.39, 0.29) is 61.6 Å². The summed E-state index contributed by atoms with van der Waals surface area (Å²) in [7, 11) is 1.73. The summed E-state index contributed by atoms with van der Waals surface area (Å²) in [5.74, 6) is 0.982. The van der Waals surface area contributed by atoms with Gasteiger partial charge >= 0.3 is 12.1 Å². The third kappa shape index (κ3) is 9.88. The minimum absolute atomic E-state index is 0.00999. The molecule has 2 heterocycles. The van der Waals surface area contributed by atoms with Gasteiger partial charge in [0.05, 0.1) is 30.4 Å². The molecule has 0 aromatic heterocycles. The van der Waals surface area contributed by atoms with Gasteiger partial charge in [-0.1, -0.05) is 6.92 Å². The van der Waals surface area contributed by atoms with Crippen LogP contribution in [0.5, 0.6) is 17.2 Å². The Hall–Kier alpha value is -4.23. The highest BCUT2D eigenvalue weighted by molar-refractivity contribution is 6.02. The molecule has 4 rings (SSSR count). The molecule has 0 bridgehead atoms. The summed E-state index contributed by atoms with van der Waals surface area (Å²) in [6, 6.07) is 8.81. The zero-order valence-corrected chi connectivity index (χ0v) is 28.2. The molecule has 2 aromatic rings. The maximum Gasteiger partial charge on any atom is 0.323 e. The fourth-order valence-corrected chi connectivity index (χ4v) is 5.44. The summed E-state index contributed by atoms with van der Waals surface area (Å²) in [4.78, 5) is 43.2. The van der Waals surface area contributed by atoms with Crippen LogP contribution >= 0.6 is 0 Å². The molecule has 13 nitrogen and oxygen atoms in total. The van der Waals surface area contributed by atoms with Crippen LogP contribution in [0.3, 0.4) is 0 Å². The molecule has 258 valence electrons. The first-order valence-electron chi connectivity index (χ1n) is 16.3. The maximum atomic E-state index is 14.3. The molecule has 0 saturated carbocycles. The number of rotatable bonds is 7. The number of ether oxygens (including phenoxy) is 4. The number of carbonyl (C=O) groups is 3. The minimum Gasteiger partial charge on any atom is -0.490 e. The van der Waals surface area contributed by atoms with E-state index >= 15 is 0 Å². The topological polar surface area (TPSA) is 151 Å². The van der Waals surface area contributed by atoms with Crippen LogP contribution in [0, 0.1) is 5.92 Å². The second kappa shape index (κ2) is 16.6. The molecule has 13 heteroatoms. The van der Waals surface area contributed by atoms with E-state index in [0.29, 0.717) is 41.8 Å². The molecule has 0 unspecified atom stereocenters. The Morgan fingerprint density at radius 1 is 1.00 bits per heavy atom. The van der Waals surface area contributed by atoms with Crippen molar-refractivity contribution in [2.45, 2.75) is 78.2 Å². The summed E-state index contributed by atoms with van der Waals surface area (Å²) in [5.41, 5.74) is 1.16. The van der Waals surface area contributed by atoms with Crippen LogP contribution in [0.2, 0.25) is 0 Å². The molecule has 2 aliphatic heterocycles. The first-order chi connectivity index (χ1) is 22.4. The smallest absolute Gasteiger partial charge is 0.323 e. The SMILES string of the molecule is CC(C)NC(=O)N(C)C[C@@H]1OCCCC[C@@H](C)Oc2ccc(NC(=O)Nc3ccc4c(c3)OCO4)cc2C(=O)N([C@H](C)CO)C[C@@H]1C. The molecule has 4 atom stereocenters. The number of hydrogen-bond acceptors (Lipinski definition) is 8. The lowest BCUT2D eigenvalue weighted by atomic mass is 10.0. The largest absolute Gasteiger partial charge is 0.490 e. The third-order valence-electron chi connectivity index (χ3n) is 8.15. The number of likely N-dealkylation sites (N-methyl/N-ethyl adjacent to an activating group) is 1. The predicted molar refractivity (Wildman–Crippen MR) is 178 cm³/mol. The first-order valence-corrected chi connectivity index (χ1v) is 16.3. The number of nitrogens with one attached hydrogen (secondary N) is 3. The molecule has 0 fully saturated rings. The Bertz CT molecular complexity index is 1390. The Morgan fingerprint density at radius 2 is 1.68 bits per heavy atom. The standard InChI is InChI=1S/C34H49N5O8/c1-21(2)35-34(43)38(6)18-31-22(3)17-39(23(4)19-40)32(41)27-15-25(10-12-28(27)47-24(5)9-7-8-14-44-31)36-33(42)37-26-11-13-29-30(16-26)46-20-45-29/h10-13,15-16,21-24,31,40H,7-9,14,17-20H2,1-6H3,(H,35,43)(H2,36,37,42)/t22-,23+,24+,31-/m0/s1. The van der Waals surface area contributed by atoms with Crippen molar-refractivity contribution in [3.05, 3.63) is 42.0 Å². The zero-order chi connectivity index (χ0) is 34.1. The van der Waals surface area contributed by atoms with Gasteiger partial charge in [0.25, 0.3) is 5.91 Å². The molecule has 47 heavy (non-hydrogen) atoms. The van der Waals surface area contributed by atoms with Crippen molar-refractivity contribution in [1.82, 2.24) is 15.1 Å². The number of fused-ring (bicyclic) bond motifs is 2. The summed E-state index contributed by atoms with van der Waals surface area (Å²) in [6.45, 7) is 10.5. The highest BCUT2D eigenvalue weighted by Gasteiger charge is 2.31. The van der Waals surface area contributed by atoms with Crippen LogP contribution in [0.1, 0.15) is 64.2 Å². The zero-order valence-electron chi connectivity index (χ0n) is 28.2. The van der Waals surface area contributed by atoms with Crippen molar-refractivity contribution >= 4 is 29.3 Å². The van der Waals surface area contributed by atoms with E-state index < -0.39 is 12.1 Å². The van der Waals surface area contributed by atoms with Crippen LogP contribution in [-0.2, 0) is 4.74 Å². The van der Waals surface area contributed by atoms with E-state index in [0.717, 1.165) is 19.3 Å². The van der Waals surface area contributed by atoms with Crippen molar-refractivity contribution < 1.29 is 38.4 Å². The lowest BCUT2D eigenvalue weighted by Crippen LogP contribution is -2.49. The molecular weight excluding hydrogens is 606 g/mol. The van der Waals surface area contributed by atoms with E-state index in [1.165, 1.54) is 0 Å². The van der Waals surface area contributed by atoms with Gasteiger partial charge in [0.1, 0.15) is 5.75 Å². The molecule has 0 spiro atoms. The average Bonchev–Trinajstić information content (AvgIpc) is 3.50. The summed E-state index contributed by atoms with van der Waals surface area (Å²) < 4.78 is 23.3. The normalized spacial score (nSPS) is 20.8. The van der Waals surface area contributed by atoms with Crippen molar-refractivity contribution in [2.24, 2.45) is 5.92 Å². The number of amides is 5. The number of anilines is 2. The predicted octanol–water partition coefficient (Wildman–Crippen LogP) is 4.90. The Labute approximate surface area is 276 Å². The number of aliphatic hydroxyl groups excluding tert-OH is 1. The minimum atomic E-state index is -0.531. The number of urea groups is 2. The van der Waals surface area contributed by atoms with E-state index in [1.54, 1.807) is 60.2 Å². The second-order valence-electron chi connectivity index (χ2n) is 12.6. The van der Waals surface area contributed by atoms with Gasteiger partial charge in [0.2, 0.25) is 6.79 Å². The highest BCUT2D eigenvalue weighted by atomic mass is 16.7. The van der Waals surface area contributed by atoms with Crippen LogP contribution in [0.4, 0.5) is 21.0 Å². The highest BCUT2D eigenvalue weighted by Crippen LogP contribution is 2.34. The van der Waals surface area contributed by atoms with E-state index in [4.69, 9.17) is 18.9 Å². The number of carbonyl (C=O) groups excluding carboxylic acids is 3. The van der Waals surface area contributed by atoms with E-state index in [9.17, 15) is 19.5 Å². The number of nitrogens with zero attached hydrogens (tertiary/aromatic N) is 2. The van der Waals surface area contributed by atoms with Crippen molar-refractivity contribution in [2.75, 3.05) is 50.8 Å². The molecule has 0 radical (unpaired) electrons. The van der Waals surface area contributed by atoms with Crippen LogP contribution in [0.25, 0.3) is 0 Å². The van der Waals surface area contributed by atoms with Crippen LogP contribution in [-0.4, -0.2) is 97.3 Å². The Morgan fingerprint density at radius 3 is 2.38 bits per heavy atom. The Balaban J connectivity index is 1.58. The maximum absolute atomic E-state index is 14.3. The fourth-order valence-electron chi connectivity index (χ4n) is 5.44. The quantitative estimate of drug-likeness (QED) is 0.329. The van der Waals surface area contributed by atoms with Crippen LogP contribution in [0.15, 0.2) is 36.4 Å². The molecular formula is C34H49N5O8. The van der Waals surface area contributed by atoms with Gasteiger partial charge in [-0.2, -0.15) is 0 Å². The van der Waals surface area contributed by atoms with Gasteiger partial charge in [-0.15, -0.1) is 0 Å². The Kier molecular flexibility index (Phi) is 12.5.